The molecule has 0 radical (unpaired) electrons. The van der Waals surface area contributed by atoms with E-state index in [-0.39, 0.29) is 0 Å². The van der Waals surface area contributed by atoms with Crippen LogP contribution in [0.5, 0.6) is 0 Å². The second kappa shape index (κ2) is 6.91. The molecule has 1 N–H and O–H groups in total. The summed E-state index contributed by atoms with van der Waals surface area (Å²) < 4.78 is 0. The number of hydrogen-bond acceptors (Lipinski definition) is 2. The Morgan fingerprint density at radius 3 is 2.28 bits per heavy atom. The highest BCUT2D eigenvalue weighted by Gasteiger charge is 2.33. The van der Waals surface area contributed by atoms with E-state index in [1.54, 1.807) is 0 Å². The van der Waals surface area contributed by atoms with Crippen LogP contribution in [-0.4, -0.2) is 37.1 Å². The van der Waals surface area contributed by atoms with E-state index in [4.69, 9.17) is 0 Å². The van der Waals surface area contributed by atoms with Gasteiger partial charge in [-0.15, -0.1) is 0 Å². The Bertz CT molecular complexity index is 227. The van der Waals surface area contributed by atoms with Gasteiger partial charge in [-0.3, -0.25) is 0 Å². The first-order valence-corrected chi connectivity index (χ1v) is 8.24. The molecule has 2 heteroatoms. The third-order valence-corrected chi connectivity index (χ3v) is 5.45. The van der Waals surface area contributed by atoms with Crippen LogP contribution in [0.4, 0.5) is 0 Å². The molecular weight excluding hydrogens is 220 g/mol. The smallest absolute Gasteiger partial charge is 0.00953 e. The molecule has 2 nitrogen and oxygen atoms in total. The van der Waals surface area contributed by atoms with E-state index in [0.29, 0.717) is 5.41 Å². The summed E-state index contributed by atoms with van der Waals surface area (Å²) in [5, 5.41) is 3.53. The van der Waals surface area contributed by atoms with Crippen molar-refractivity contribution in [3.63, 3.8) is 0 Å². The normalized spacial score (nSPS) is 25.5. The van der Waals surface area contributed by atoms with Crippen LogP contribution in [0.25, 0.3) is 0 Å². The van der Waals surface area contributed by atoms with Gasteiger partial charge in [0.05, 0.1) is 0 Å². The first kappa shape index (κ1) is 14.3. The minimum atomic E-state index is 0.610. The molecule has 0 spiro atoms. The van der Waals surface area contributed by atoms with Gasteiger partial charge in [0.2, 0.25) is 0 Å². The summed E-state index contributed by atoms with van der Waals surface area (Å²) in [6, 6.07) is 0.891. The van der Waals surface area contributed by atoms with Crippen LogP contribution < -0.4 is 5.32 Å². The molecule has 2 rings (SSSR count). The molecule has 2 fully saturated rings. The molecule has 0 aromatic rings. The van der Waals surface area contributed by atoms with Crippen molar-refractivity contribution in [1.82, 2.24) is 10.2 Å². The quantitative estimate of drug-likeness (QED) is 0.806. The van der Waals surface area contributed by atoms with Crippen LogP contribution in [0.2, 0.25) is 0 Å². The summed E-state index contributed by atoms with van der Waals surface area (Å²) in [5.74, 6) is 0. The molecule has 0 amide bonds. The van der Waals surface area contributed by atoms with Gasteiger partial charge in [0.25, 0.3) is 0 Å². The average Bonchev–Trinajstić information content (AvgIpc) is 2.47. The minimum absolute atomic E-state index is 0.610. The summed E-state index contributed by atoms with van der Waals surface area (Å²) in [6.45, 7) is 9.83. The van der Waals surface area contributed by atoms with Crippen molar-refractivity contribution >= 4 is 0 Å². The fraction of sp³-hybridized carbons (Fsp3) is 1.00. The number of hydrogen-bond donors (Lipinski definition) is 1. The predicted molar refractivity (Wildman–Crippen MR) is 78.9 cm³/mol. The molecule has 0 bridgehead atoms. The Morgan fingerprint density at radius 2 is 1.72 bits per heavy atom. The summed E-state index contributed by atoms with van der Waals surface area (Å²) in [7, 11) is 0. The zero-order valence-electron chi connectivity index (χ0n) is 12.5. The molecule has 2 aliphatic rings. The average molecular weight is 252 g/mol. The van der Waals surface area contributed by atoms with Gasteiger partial charge in [0, 0.05) is 12.6 Å². The highest BCUT2D eigenvalue weighted by atomic mass is 15.2. The van der Waals surface area contributed by atoms with Gasteiger partial charge in [0.15, 0.2) is 0 Å². The molecule has 18 heavy (non-hydrogen) atoms. The van der Waals surface area contributed by atoms with Crippen molar-refractivity contribution in [2.45, 2.75) is 71.3 Å². The van der Waals surface area contributed by atoms with Crippen molar-refractivity contribution in [2.75, 3.05) is 26.2 Å². The second-order valence-corrected chi connectivity index (χ2v) is 6.46. The summed E-state index contributed by atoms with van der Waals surface area (Å²) >= 11 is 0. The standard InChI is InChI=1S/C16H32N2/c1-3-16(10-12-17-13-11-16)14-18(4-2)15-8-6-5-7-9-15/h15,17H,3-14H2,1-2H3. The van der Waals surface area contributed by atoms with E-state index in [1.807, 2.05) is 0 Å². The molecule has 1 heterocycles. The third-order valence-electron chi connectivity index (χ3n) is 5.45. The second-order valence-electron chi connectivity index (χ2n) is 6.46. The van der Waals surface area contributed by atoms with Gasteiger partial charge in [-0.25, -0.2) is 0 Å². The zero-order valence-corrected chi connectivity index (χ0v) is 12.5. The molecule has 1 saturated heterocycles. The van der Waals surface area contributed by atoms with Crippen LogP contribution >= 0.6 is 0 Å². The lowest BCUT2D eigenvalue weighted by molar-refractivity contribution is 0.0669. The Labute approximate surface area is 114 Å². The summed E-state index contributed by atoms with van der Waals surface area (Å²) in [4.78, 5) is 2.81. The minimum Gasteiger partial charge on any atom is -0.317 e. The summed E-state index contributed by atoms with van der Waals surface area (Å²) in [6.07, 6.45) is 11.4. The maximum Gasteiger partial charge on any atom is 0.00953 e. The molecule has 1 aliphatic heterocycles. The first-order chi connectivity index (χ1) is 8.79. The van der Waals surface area contributed by atoms with E-state index in [2.05, 4.69) is 24.1 Å². The van der Waals surface area contributed by atoms with Gasteiger partial charge in [-0.2, -0.15) is 0 Å². The van der Waals surface area contributed by atoms with Gasteiger partial charge in [-0.1, -0.05) is 33.1 Å². The van der Waals surface area contributed by atoms with Crippen LogP contribution in [-0.2, 0) is 0 Å². The van der Waals surface area contributed by atoms with Crippen molar-refractivity contribution in [3.05, 3.63) is 0 Å². The molecule has 0 aromatic carbocycles. The van der Waals surface area contributed by atoms with Crippen molar-refractivity contribution in [1.29, 1.82) is 0 Å². The van der Waals surface area contributed by atoms with E-state index in [1.165, 1.54) is 77.5 Å². The topological polar surface area (TPSA) is 15.3 Å². The number of nitrogens with one attached hydrogen (secondary N) is 1. The highest BCUT2D eigenvalue weighted by Crippen LogP contribution is 2.35. The van der Waals surface area contributed by atoms with Crippen LogP contribution in [0, 0.1) is 5.41 Å². The lowest BCUT2D eigenvalue weighted by atomic mass is 9.75. The fourth-order valence-corrected chi connectivity index (χ4v) is 3.96. The van der Waals surface area contributed by atoms with Crippen molar-refractivity contribution in [3.8, 4) is 0 Å². The molecular formula is C16H32N2. The lowest BCUT2D eigenvalue weighted by Crippen LogP contribution is -2.48. The predicted octanol–water partition coefficient (Wildman–Crippen LogP) is 3.42. The highest BCUT2D eigenvalue weighted by molar-refractivity contribution is 4.88. The largest absolute Gasteiger partial charge is 0.317 e. The molecule has 1 saturated carbocycles. The molecule has 106 valence electrons. The number of nitrogens with zero attached hydrogens (tertiary/aromatic N) is 1. The van der Waals surface area contributed by atoms with E-state index in [0.717, 1.165) is 6.04 Å². The lowest BCUT2D eigenvalue weighted by Gasteiger charge is -2.44. The third kappa shape index (κ3) is 3.48. The molecule has 1 aliphatic carbocycles. The Balaban J connectivity index is 1.94. The van der Waals surface area contributed by atoms with E-state index in [9.17, 15) is 0 Å². The molecule has 0 aromatic heterocycles. The zero-order chi connectivity index (χ0) is 12.8. The van der Waals surface area contributed by atoms with Gasteiger partial charge < -0.3 is 10.2 Å². The van der Waals surface area contributed by atoms with Gasteiger partial charge >= 0.3 is 0 Å². The number of piperidine rings is 1. The van der Waals surface area contributed by atoms with Crippen molar-refractivity contribution in [2.24, 2.45) is 5.41 Å². The maximum atomic E-state index is 3.53. The first-order valence-electron chi connectivity index (χ1n) is 8.24. The monoisotopic (exact) mass is 252 g/mol. The number of rotatable bonds is 5. The Morgan fingerprint density at radius 1 is 1.06 bits per heavy atom. The van der Waals surface area contributed by atoms with Crippen LogP contribution in [0.15, 0.2) is 0 Å². The Hall–Kier alpha value is -0.0800. The van der Waals surface area contributed by atoms with Gasteiger partial charge in [0.1, 0.15) is 0 Å². The molecule has 0 unspecified atom stereocenters. The van der Waals surface area contributed by atoms with Crippen LogP contribution in [0.1, 0.15) is 65.2 Å². The van der Waals surface area contributed by atoms with Gasteiger partial charge in [-0.05, 0) is 57.2 Å². The van der Waals surface area contributed by atoms with E-state index >= 15 is 0 Å². The van der Waals surface area contributed by atoms with Crippen molar-refractivity contribution < 1.29 is 0 Å². The SMILES string of the molecule is CCN(CC1(CC)CCNCC1)C1CCCCC1. The van der Waals surface area contributed by atoms with Crippen LogP contribution in [0.3, 0.4) is 0 Å². The molecule has 0 atom stereocenters. The summed E-state index contributed by atoms with van der Waals surface area (Å²) in [5.41, 5.74) is 0.610. The Kier molecular flexibility index (Phi) is 5.50. The maximum absolute atomic E-state index is 3.53. The fourth-order valence-electron chi connectivity index (χ4n) is 3.96. The van der Waals surface area contributed by atoms with E-state index < -0.39 is 0 Å².